The van der Waals surface area contributed by atoms with Gasteiger partial charge in [0.05, 0.1) is 19.1 Å². The maximum atomic E-state index is 5.80. The first-order valence-corrected chi connectivity index (χ1v) is 8.30. The molecule has 0 radical (unpaired) electrons. The fourth-order valence-electron chi connectivity index (χ4n) is 3.11. The molecule has 5 heteroatoms. The fraction of sp³-hybridized carbons (Fsp3) is 0.647. The van der Waals surface area contributed by atoms with Gasteiger partial charge in [-0.3, -0.25) is 4.90 Å². The van der Waals surface area contributed by atoms with Gasteiger partial charge in [0, 0.05) is 24.1 Å². The van der Waals surface area contributed by atoms with E-state index in [2.05, 4.69) is 28.9 Å². The van der Waals surface area contributed by atoms with Crippen molar-refractivity contribution in [3.05, 3.63) is 35.9 Å². The summed E-state index contributed by atoms with van der Waals surface area (Å²) in [6.45, 7) is 5.74. The lowest BCUT2D eigenvalue weighted by Crippen LogP contribution is -2.35. The van der Waals surface area contributed by atoms with E-state index in [0.717, 1.165) is 24.9 Å². The Morgan fingerprint density at radius 3 is 2.64 bits per heavy atom. The molecule has 1 saturated carbocycles. The summed E-state index contributed by atoms with van der Waals surface area (Å²) in [5.74, 6) is 1.72. The maximum absolute atomic E-state index is 5.80. The minimum Gasteiger partial charge on any atom is -0.472 e. The van der Waals surface area contributed by atoms with Crippen molar-refractivity contribution in [2.75, 3.05) is 0 Å². The van der Waals surface area contributed by atoms with Crippen molar-refractivity contribution < 1.29 is 8.83 Å². The molecule has 0 bridgehead atoms. The average molecular weight is 303 g/mol. The molecule has 1 fully saturated rings. The van der Waals surface area contributed by atoms with Gasteiger partial charge >= 0.3 is 0 Å². The number of rotatable bonds is 6. The van der Waals surface area contributed by atoms with E-state index in [4.69, 9.17) is 8.83 Å². The molecule has 0 spiro atoms. The van der Waals surface area contributed by atoms with Crippen LogP contribution in [0.5, 0.6) is 0 Å². The summed E-state index contributed by atoms with van der Waals surface area (Å²) >= 11 is 0. The molecule has 2 aromatic heterocycles. The highest BCUT2D eigenvalue weighted by Crippen LogP contribution is 2.26. The van der Waals surface area contributed by atoms with Gasteiger partial charge in [-0.05, 0) is 18.9 Å². The maximum Gasteiger partial charge on any atom is 0.230 e. The van der Waals surface area contributed by atoms with E-state index >= 15 is 0 Å². The summed E-state index contributed by atoms with van der Waals surface area (Å²) in [7, 11) is 0. The van der Waals surface area contributed by atoms with Crippen molar-refractivity contribution in [2.45, 2.75) is 71.0 Å². The lowest BCUT2D eigenvalue weighted by atomic mass is 9.94. The molecule has 2 heterocycles. The summed E-state index contributed by atoms with van der Waals surface area (Å²) in [4.78, 5) is 2.46. The molecule has 0 atom stereocenters. The van der Waals surface area contributed by atoms with Crippen molar-refractivity contribution in [2.24, 2.45) is 0 Å². The smallest absolute Gasteiger partial charge is 0.230 e. The Balaban J connectivity index is 1.71. The summed E-state index contributed by atoms with van der Waals surface area (Å²) in [6, 6.07) is 2.63. The minimum atomic E-state index is 0.276. The van der Waals surface area contributed by atoms with Crippen molar-refractivity contribution in [1.29, 1.82) is 0 Å². The average Bonchev–Trinajstić information content (AvgIpc) is 3.19. The van der Waals surface area contributed by atoms with E-state index in [1.165, 1.54) is 37.7 Å². The number of furan rings is 1. The van der Waals surface area contributed by atoms with Gasteiger partial charge in [0.1, 0.15) is 0 Å². The summed E-state index contributed by atoms with van der Waals surface area (Å²) in [5.41, 5.74) is 1.20. The van der Waals surface area contributed by atoms with E-state index in [1.807, 2.05) is 12.3 Å². The molecule has 0 aromatic carbocycles. The highest BCUT2D eigenvalue weighted by atomic mass is 16.4. The van der Waals surface area contributed by atoms with Crippen LogP contribution in [-0.2, 0) is 13.1 Å². The predicted molar refractivity (Wildman–Crippen MR) is 83.2 cm³/mol. The molecule has 120 valence electrons. The lowest BCUT2D eigenvalue weighted by Gasteiger charge is -2.33. The van der Waals surface area contributed by atoms with Crippen LogP contribution in [0, 0.1) is 0 Å². The largest absolute Gasteiger partial charge is 0.472 e. The third-order valence-electron chi connectivity index (χ3n) is 4.37. The van der Waals surface area contributed by atoms with Crippen LogP contribution in [0.3, 0.4) is 0 Å². The zero-order chi connectivity index (χ0) is 15.4. The van der Waals surface area contributed by atoms with Gasteiger partial charge in [-0.2, -0.15) is 0 Å². The quantitative estimate of drug-likeness (QED) is 0.803. The van der Waals surface area contributed by atoms with E-state index in [9.17, 15) is 0 Å². The van der Waals surface area contributed by atoms with Crippen LogP contribution in [0.25, 0.3) is 0 Å². The van der Waals surface area contributed by atoms with Crippen LogP contribution < -0.4 is 0 Å². The van der Waals surface area contributed by atoms with Crippen molar-refractivity contribution in [3.63, 3.8) is 0 Å². The van der Waals surface area contributed by atoms with Crippen LogP contribution in [0.15, 0.2) is 27.4 Å². The molecule has 3 rings (SSSR count). The first-order chi connectivity index (χ1) is 10.7. The van der Waals surface area contributed by atoms with Gasteiger partial charge in [-0.15, -0.1) is 10.2 Å². The molecule has 0 unspecified atom stereocenters. The number of hydrogen-bond acceptors (Lipinski definition) is 5. The first kappa shape index (κ1) is 15.3. The molecular formula is C17H25N3O2. The Morgan fingerprint density at radius 1 is 1.18 bits per heavy atom. The second kappa shape index (κ2) is 7.09. The Labute approximate surface area is 131 Å². The van der Waals surface area contributed by atoms with Crippen LogP contribution in [0.4, 0.5) is 0 Å². The van der Waals surface area contributed by atoms with Crippen LogP contribution in [0.2, 0.25) is 0 Å². The molecule has 1 aliphatic rings. The van der Waals surface area contributed by atoms with Crippen molar-refractivity contribution in [3.8, 4) is 0 Å². The third-order valence-corrected chi connectivity index (χ3v) is 4.37. The molecule has 0 aliphatic heterocycles. The molecule has 2 aromatic rings. The van der Waals surface area contributed by atoms with Gasteiger partial charge < -0.3 is 8.83 Å². The summed E-state index contributed by atoms with van der Waals surface area (Å²) < 4.78 is 11.0. The van der Waals surface area contributed by atoms with E-state index in [-0.39, 0.29) is 5.92 Å². The van der Waals surface area contributed by atoms with E-state index in [1.54, 1.807) is 6.26 Å². The zero-order valence-corrected chi connectivity index (χ0v) is 13.5. The molecular weight excluding hydrogens is 278 g/mol. The summed E-state index contributed by atoms with van der Waals surface area (Å²) in [5, 5.41) is 8.37. The SMILES string of the molecule is CC(C)c1nnc(CN(Cc2ccoc2)C2CCCCC2)o1. The second-order valence-electron chi connectivity index (χ2n) is 6.52. The van der Waals surface area contributed by atoms with Gasteiger partial charge in [-0.1, -0.05) is 33.1 Å². The summed E-state index contributed by atoms with van der Waals surface area (Å²) in [6.07, 6.45) is 10.0. The van der Waals surface area contributed by atoms with Crippen LogP contribution in [-0.4, -0.2) is 21.1 Å². The Kier molecular flexibility index (Phi) is 4.93. The number of aromatic nitrogens is 2. The number of hydrogen-bond donors (Lipinski definition) is 0. The third kappa shape index (κ3) is 3.77. The molecule has 0 amide bonds. The predicted octanol–water partition coefficient (Wildman–Crippen LogP) is 4.12. The van der Waals surface area contributed by atoms with Crippen LogP contribution >= 0.6 is 0 Å². The van der Waals surface area contributed by atoms with Crippen molar-refractivity contribution >= 4 is 0 Å². The zero-order valence-electron chi connectivity index (χ0n) is 13.5. The molecule has 5 nitrogen and oxygen atoms in total. The second-order valence-corrected chi connectivity index (χ2v) is 6.52. The lowest BCUT2D eigenvalue weighted by molar-refractivity contribution is 0.126. The monoisotopic (exact) mass is 303 g/mol. The van der Waals surface area contributed by atoms with Crippen LogP contribution in [0.1, 0.15) is 69.2 Å². The first-order valence-electron chi connectivity index (χ1n) is 8.30. The van der Waals surface area contributed by atoms with Gasteiger partial charge in [0.25, 0.3) is 0 Å². The fourth-order valence-corrected chi connectivity index (χ4v) is 3.11. The Bertz CT molecular complexity index is 556. The van der Waals surface area contributed by atoms with E-state index in [0.29, 0.717) is 6.04 Å². The van der Waals surface area contributed by atoms with Crippen molar-refractivity contribution in [1.82, 2.24) is 15.1 Å². The molecule has 0 N–H and O–H groups in total. The number of nitrogens with zero attached hydrogens (tertiary/aromatic N) is 3. The Morgan fingerprint density at radius 2 is 2.00 bits per heavy atom. The van der Waals surface area contributed by atoms with Gasteiger partial charge in [-0.25, -0.2) is 0 Å². The molecule has 0 saturated heterocycles. The van der Waals surface area contributed by atoms with Gasteiger partial charge in [0.2, 0.25) is 11.8 Å². The van der Waals surface area contributed by atoms with Gasteiger partial charge in [0.15, 0.2) is 0 Å². The van der Waals surface area contributed by atoms with E-state index < -0.39 is 0 Å². The minimum absolute atomic E-state index is 0.276. The normalized spacial score (nSPS) is 16.7. The highest BCUT2D eigenvalue weighted by Gasteiger charge is 2.24. The molecule has 22 heavy (non-hydrogen) atoms. The molecule has 1 aliphatic carbocycles. The topological polar surface area (TPSA) is 55.3 Å². The Hall–Kier alpha value is -1.62. The highest BCUT2D eigenvalue weighted by molar-refractivity contribution is 5.05. The standard InChI is InChI=1S/C17H25N3O2/c1-13(2)17-19-18-16(22-17)11-20(10-14-8-9-21-12-14)15-6-4-3-5-7-15/h8-9,12-13,15H,3-7,10-11H2,1-2H3.